The molecule has 0 aromatic carbocycles. The van der Waals surface area contributed by atoms with Gasteiger partial charge in [-0.15, -0.1) is 0 Å². The van der Waals surface area contributed by atoms with Gasteiger partial charge in [-0.25, -0.2) is 0 Å². The standard InChI is InChI=1S/C18H30O2/c1-6-20-17(19)12-10-14(2)9-11-16-15(3)8-7-13-18(16,4)5/h10H,6-9,11-13H2,1-5H3/b14-10+. The van der Waals surface area contributed by atoms with Gasteiger partial charge in [0.2, 0.25) is 0 Å². The van der Waals surface area contributed by atoms with Crippen molar-refractivity contribution in [1.29, 1.82) is 0 Å². The van der Waals surface area contributed by atoms with Gasteiger partial charge in [-0.1, -0.05) is 36.6 Å². The van der Waals surface area contributed by atoms with Gasteiger partial charge in [0, 0.05) is 0 Å². The molecule has 0 radical (unpaired) electrons. The van der Waals surface area contributed by atoms with Crippen LogP contribution in [0.1, 0.15) is 73.1 Å². The van der Waals surface area contributed by atoms with Crippen molar-refractivity contribution < 1.29 is 9.53 Å². The van der Waals surface area contributed by atoms with Crippen LogP contribution in [0.5, 0.6) is 0 Å². The predicted octanol–water partition coefficient (Wildman–Crippen LogP) is 5.19. The maximum absolute atomic E-state index is 11.3. The summed E-state index contributed by atoms with van der Waals surface area (Å²) in [5.41, 5.74) is 4.86. The molecule has 0 heterocycles. The second-order valence-corrected chi connectivity index (χ2v) is 6.56. The molecule has 0 atom stereocenters. The van der Waals surface area contributed by atoms with Gasteiger partial charge in [-0.05, 0) is 58.3 Å². The third-order valence-corrected chi connectivity index (χ3v) is 4.38. The number of hydrogen-bond acceptors (Lipinski definition) is 2. The van der Waals surface area contributed by atoms with Gasteiger partial charge in [0.1, 0.15) is 0 Å². The molecule has 0 saturated carbocycles. The Morgan fingerprint density at radius 1 is 1.40 bits per heavy atom. The van der Waals surface area contributed by atoms with E-state index in [-0.39, 0.29) is 5.97 Å². The van der Waals surface area contributed by atoms with Gasteiger partial charge in [0.05, 0.1) is 13.0 Å². The normalized spacial score (nSPS) is 19.1. The highest BCUT2D eigenvalue weighted by atomic mass is 16.5. The van der Waals surface area contributed by atoms with Crippen molar-refractivity contribution in [2.45, 2.75) is 73.1 Å². The first kappa shape index (κ1) is 17.0. The zero-order chi connectivity index (χ0) is 15.2. The Hall–Kier alpha value is -1.05. The molecular weight excluding hydrogens is 248 g/mol. The molecule has 114 valence electrons. The highest BCUT2D eigenvalue weighted by molar-refractivity contribution is 5.71. The van der Waals surface area contributed by atoms with Gasteiger partial charge >= 0.3 is 5.97 Å². The van der Waals surface area contributed by atoms with Crippen LogP contribution in [-0.2, 0) is 9.53 Å². The molecule has 1 rings (SSSR count). The van der Waals surface area contributed by atoms with Crippen molar-refractivity contribution in [3.05, 3.63) is 22.8 Å². The number of rotatable bonds is 6. The maximum Gasteiger partial charge on any atom is 0.309 e. The van der Waals surface area contributed by atoms with Crippen molar-refractivity contribution in [3.63, 3.8) is 0 Å². The molecule has 2 nitrogen and oxygen atoms in total. The summed E-state index contributed by atoms with van der Waals surface area (Å²) < 4.78 is 4.94. The van der Waals surface area contributed by atoms with E-state index in [4.69, 9.17) is 4.74 Å². The monoisotopic (exact) mass is 278 g/mol. The lowest BCUT2D eigenvalue weighted by Crippen LogP contribution is -2.20. The predicted molar refractivity (Wildman–Crippen MR) is 84.6 cm³/mol. The molecule has 0 spiro atoms. The second kappa shape index (κ2) is 7.66. The van der Waals surface area contributed by atoms with E-state index in [1.807, 2.05) is 13.0 Å². The van der Waals surface area contributed by atoms with E-state index in [0.717, 1.165) is 12.8 Å². The summed E-state index contributed by atoms with van der Waals surface area (Å²) >= 11 is 0. The summed E-state index contributed by atoms with van der Waals surface area (Å²) in [7, 11) is 0. The minimum atomic E-state index is -0.125. The first-order valence-corrected chi connectivity index (χ1v) is 7.87. The van der Waals surface area contributed by atoms with Gasteiger partial charge < -0.3 is 4.74 Å². The molecule has 0 aromatic heterocycles. The van der Waals surface area contributed by atoms with E-state index < -0.39 is 0 Å². The molecule has 1 aliphatic carbocycles. The zero-order valence-electron chi connectivity index (χ0n) is 13.8. The van der Waals surface area contributed by atoms with E-state index in [1.165, 1.54) is 24.8 Å². The Morgan fingerprint density at radius 3 is 2.70 bits per heavy atom. The Bertz CT molecular complexity index is 400. The fourth-order valence-electron chi connectivity index (χ4n) is 3.13. The highest BCUT2D eigenvalue weighted by Gasteiger charge is 2.27. The van der Waals surface area contributed by atoms with E-state index in [0.29, 0.717) is 18.4 Å². The average Bonchev–Trinajstić information content (AvgIpc) is 2.35. The Kier molecular flexibility index (Phi) is 6.51. The molecule has 0 fully saturated rings. The summed E-state index contributed by atoms with van der Waals surface area (Å²) in [6.45, 7) is 11.4. The zero-order valence-corrected chi connectivity index (χ0v) is 13.8. The lowest BCUT2D eigenvalue weighted by molar-refractivity contribution is -0.142. The third-order valence-electron chi connectivity index (χ3n) is 4.38. The molecule has 0 aliphatic heterocycles. The van der Waals surface area contributed by atoms with Gasteiger partial charge in [0.15, 0.2) is 0 Å². The van der Waals surface area contributed by atoms with E-state index >= 15 is 0 Å². The van der Waals surface area contributed by atoms with E-state index in [9.17, 15) is 4.79 Å². The molecule has 1 aliphatic rings. The summed E-state index contributed by atoms with van der Waals surface area (Å²) in [4.78, 5) is 11.3. The van der Waals surface area contributed by atoms with Crippen LogP contribution in [0.2, 0.25) is 0 Å². The average molecular weight is 278 g/mol. The topological polar surface area (TPSA) is 26.3 Å². The Labute approximate surface area is 124 Å². The first-order chi connectivity index (χ1) is 9.36. The number of carbonyl (C=O) groups excluding carboxylic acids is 1. The minimum Gasteiger partial charge on any atom is -0.466 e. The highest BCUT2D eigenvalue weighted by Crippen LogP contribution is 2.42. The van der Waals surface area contributed by atoms with Crippen LogP contribution in [0.25, 0.3) is 0 Å². The van der Waals surface area contributed by atoms with Crippen molar-refractivity contribution in [2.24, 2.45) is 5.41 Å². The van der Waals surface area contributed by atoms with Gasteiger partial charge in [-0.3, -0.25) is 4.79 Å². The molecule has 0 unspecified atom stereocenters. The van der Waals surface area contributed by atoms with Crippen molar-refractivity contribution in [3.8, 4) is 0 Å². The molecule has 0 saturated heterocycles. The maximum atomic E-state index is 11.3. The molecule has 0 aromatic rings. The van der Waals surface area contributed by atoms with Crippen LogP contribution >= 0.6 is 0 Å². The van der Waals surface area contributed by atoms with E-state index in [1.54, 1.807) is 11.1 Å². The number of ether oxygens (including phenoxy) is 1. The van der Waals surface area contributed by atoms with Crippen LogP contribution in [0, 0.1) is 5.41 Å². The van der Waals surface area contributed by atoms with Crippen molar-refractivity contribution in [2.75, 3.05) is 6.61 Å². The molecule has 0 N–H and O–H groups in total. The largest absolute Gasteiger partial charge is 0.466 e. The summed E-state index contributed by atoms with van der Waals surface area (Å²) in [5, 5.41) is 0. The van der Waals surface area contributed by atoms with Crippen LogP contribution in [0.4, 0.5) is 0 Å². The fraction of sp³-hybridized carbons (Fsp3) is 0.722. The van der Waals surface area contributed by atoms with Crippen LogP contribution < -0.4 is 0 Å². The summed E-state index contributed by atoms with van der Waals surface area (Å²) in [6, 6.07) is 0. The smallest absolute Gasteiger partial charge is 0.309 e. The first-order valence-electron chi connectivity index (χ1n) is 7.87. The van der Waals surface area contributed by atoms with Gasteiger partial charge in [0.25, 0.3) is 0 Å². The quantitative estimate of drug-likeness (QED) is 0.493. The lowest BCUT2D eigenvalue weighted by atomic mass is 9.71. The number of carbonyl (C=O) groups is 1. The van der Waals surface area contributed by atoms with Crippen LogP contribution in [0.3, 0.4) is 0 Å². The van der Waals surface area contributed by atoms with E-state index in [2.05, 4.69) is 27.7 Å². The third kappa shape index (κ3) is 5.15. The number of hydrogen-bond donors (Lipinski definition) is 0. The molecular formula is C18H30O2. The van der Waals surface area contributed by atoms with Crippen LogP contribution in [-0.4, -0.2) is 12.6 Å². The molecule has 2 heteroatoms. The van der Waals surface area contributed by atoms with Crippen molar-refractivity contribution in [1.82, 2.24) is 0 Å². The molecule has 0 bridgehead atoms. The Balaban J connectivity index is 2.53. The van der Waals surface area contributed by atoms with Crippen molar-refractivity contribution >= 4 is 5.97 Å². The summed E-state index contributed by atoms with van der Waals surface area (Å²) in [6.07, 6.45) is 8.47. The number of allylic oxidation sites excluding steroid dienone is 3. The summed E-state index contributed by atoms with van der Waals surface area (Å²) in [5.74, 6) is -0.125. The lowest BCUT2D eigenvalue weighted by Gasteiger charge is -2.34. The SMILES string of the molecule is CCOC(=O)C/C=C(\C)CCC1=C(C)CCCC1(C)C. The Morgan fingerprint density at radius 2 is 2.10 bits per heavy atom. The minimum absolute atomic E-state index is 0.125. The second-order valence-electron chi connectivity index (χ2n) is 6.56. The molecule has 20 heavy (non-hydrogen) atoms. The molecule has 0 amide bonds. The number of esters is 1. The van der Waals surface area contributed by atoms with Crippen LogP contribution in [0.15, 0.2) is 22.8 Å². The fourth-order valence-corrected chi connectivity index (χ4v) is 3.13. The van der Waals surface area contributed by atoms with Gasteiger partial charge in [-0.2, -0.15) is 0 Å².